The van der Waals surface area contributed by atoms with Gasteiger partial charge in [-0.25, -0.2) is 9.78 Å². The summed E-state index contributed by atoms with van der Waals surface area (Å²) in [6, 6.07) is 0. The number of aromatic carboxylic acids is 1. The predicted octanol–water partition coefficient (Wildman–Crippen LogP) is 2.14. The van der Waals surface area contributed by atoms with E-state index in [4.69, 9.17) is 5.11 Å². The van der Waals surface area contributed by atoms with Crippen molar-refractivity contribution in [2.45, 2.75) is 20.3 Å². The van der Waals surface area contributed by atoms with Crippen LogP contribution in [0.2, 0.25) is 0 Å². The molecule has 0 spiro atoms. The zero-order chi connectivity index (χ0) is 13.4. The first kappa shape index (κ1) is 13.0. The van der Waals surface area contributed by atoms with Crippen LogP contribution >= 0.6 is 11.3 Å². The Hall–Kier alpha value is -1.43. The Morgan fingerprint density at radius 1 is 1.56 bits per heavy atom. The number of anilines is 1. The molecule has 1 aromatic heterocycles. The monoisotopic (exact) mass is 268 g/mol. The topological polar surface area (TPSA) is 70.5 Å². The van der Waals surface area contributed by atoms with E-state index in [0.29, 0.717) is 11.0 Å². The largest absolute Gasteiger partial charge is 0.476 e. The number of carboxylic acids is 1. The zero-order valence-electron chi connectivity index (χ0n) is 10.6. The van der Waals surface area contributed by atoms with E-state index in [2.05, 4.69) is 11.9 Å². The fourth-order valence-electron chi connectivity index (χ4n) is 1.94. The standard InChI is InChI=1S/C12H16N2O3S/c1-6-4-8(6)5-14(3)12-13-9(11(16)17)10(18-12)7(2)15/h6,8H,4-5H2,1-3H3,(H,16,17). The van der Waals surface area contributed by atoms with Crippen molar-refractivity contribution in [1.82, 2.24) is 4.98 Å². The van der Waals surface area contributed by atoms with E-state index in [0.717, 1.165) is 23.8 Å². The number of hydrogen-bond donors (Lipinski definition) is 1. The molecular weight excluding hydrogens is 252 g/mol. The number of thiazole rings is 1. The third-order valence-corrected chi connectivity index (χ3v) is 4.52. The van der Waals surface area contributed by atoms with Crippen LogP contribution in [0.5, 0.6) is 0 Å². The van der Waals surface area contributed by atoms with Crippen molar-refractivity contribution >= 4 is 28.2 Å². The molecule has 1 N–H and O–H groups in total. The number of carbonyl (C=O) groups is 2. The van der Waals surface area contributed by atoms with Gasteiger partial charge in [0.25, 0.3) is 0 Å². The lowest BCUT2D eigenvalue weighted by Gasteiger charge is -2.14. The second-order valence-electron chi connectivity index (χ2n) is 4.89. The lowest BCUT2D eigenvalue weighted by Crippen LogP contribution is -2.20. The lowest BCUT2D eigenvalue weighted by atomic mass is 10.3. The van der Waals surface area contributed by atoms with Gasteiger partial charge in [-0.3, -0.25) is 4.79 Å². The molecule has 6 heteroatoms. The van der Waals surface area contributed by atoms with Crippen LogP contribution in [0.3, 0.4) is 0 Å². The Morgan fingerprint density at radius 2 is 2.17 bits per heavy atom. The normalized spacial score (nSPS) is 21.7. The summed E-state index contributed by atoms with van der Waals surface area (Å²) in [5, 5.41) is 9.63. The molecule has 98 valence electrons. The summed E-state index contributed by atoms with van der Waals surface area (Å²) < 4.78 is 0. The molecular formula is C12H16N2O3S. The minimum absolute atomic E-state index is 0.127. The summed E-state index contributed by atoms with van der Waals surface area (Å²) in [5.41, 5.74) is -0.127. The summed E-state index contributed by atoms with van der Waals surface area (Å²) in [7, 11) is 1.89. The third kappa shape index (κ3) is 2.53. The van der Waals surface area contributed by atoms with E-state index >= 15 is 0 Å². The first-order valence-electron chi connectivity index (χ1n) is 5.86. The quantitative estimate of drug-likeness (QED) is 0.828. The first-order chi connectivity index (χ1) is 8.40. The van der Waals surface area contributed by atoms with E-state index < -0.39 is 5.97 Å². The molecule has 1 heterocycles. The average Bonchev–Trinajstić information content (AvgIpc) is 2.82. The molecule has 1 aliphatic carbocycles. The van der Waals surface area contributed by atoms with Crippen molar-refractivity contribution in [2.24, 2.45) is 11.8 Å². The van der Waals surface area contributed by atoms with Crippen molar-refractivity contribution in [3.63, 3.8) is 0 Å². The maximum absolute atomic E-state index is 11.4. The number of hydrogen-bond acceptors (Lipinski definition) is 5. The minimum atomic E-state index is -1.14. The SMILES string of the molecule is CC(=O)c1sc(N(C)CC2CC2C)nc1C(=O)O. The zero-order valence-corrected chi connectivity index (χ0v) is 11.5. The number of aromatic nitrogens is 1. The molecule has 1 saturated carbocycles. The fourth-order valence-corrected chi connectivity index (χ4v) is 2.86. The Kier molecular flexibility index (Phi) is 3.38. The van der Waals surface area contributed by atoms with Gasteiger partial charge in [-0.05, 0) is 18.3 Å². The predicted molar refractivity (Wildman–Crippen MR) is 69.6 cm³/mol. The number of ketones is 1. The van der Waals surface area contributed by atoms with E-state index in [-0.39, 0.29) is 16.4 Å². The molecule has 0 radical (unpaired) electrons. The molecule has 0 saturated heterocycles. The van der Waals surface area contributed by atoms with Crippen LogP contribution in [0, 0.1) is 11.8 Å². The van der Waals surface area contributed by atoms with Crippen molar-refractivity contribution in [1.29, 1.82) is 0 Å². The highest BCUT2D eigenvalue weighted by molar-refractivity contribution is 7.17. The van der Waals surface area contributed by atoms with Gasteiger partial charge in [0.1, 0.15) is 4.88 Å². The molecule has 2 rings (SSSR count). The number of Topliss-reactive ketones (excluding diaryl/α,β-unsaturated/α-hetero) is 1. The van der Waals surface area contributed by atoms with Gasteiger partial charge >= 0.3 is 5.97 Å². The van der Waals surface area contributed by atoms with Crippen LogP contribution in [-0.4, -0.2) is 35.4 Å². The minimum Gasteiger partial charge on any atom is -0.476 e. The molecule has 1 aliphatic rings. The fraction of sp³-hybridized carbons (Fsp3) is 0.583. The summed E-state index contributed by atoms with van der Waals surface area (Å²) in [6.45, 7) is 4.43. The van der Waals surface area contributed by atoms with Gasteiger partial charge in [-0.15, -0.1) is 0 Å². The van der Waals surface area contributed by atoms with Crippen molar-refractivity contribution in [3.8, 4) is 0 Å². The molecule has 0 aromatic carbocycles. The number of rotatable bonds is 5. The molecule has 1 aromatic rings. The van der Waals surface area contributed by atoms with E-state index in [9.17, 15) is 9.59 Å². The lowest BCUT2D eigenvalue weighted by molar-refractivity contribution is 0.0687. The average molecular weight is 268 g/mol. The Bertz CT molecular complexity index is 466. The van der Waals surface area contributed by atoms with Crippen LogP contribution in [0.25, 0.3) is 0 Å². The van der Waals surface area contributed by atoms with Gasteiger partial charge in [-0.2, -0.15) is 0 Å². The second-order valence-corrected chi connectivity index (χ2v) is 5.87. The first-order valence-corrected chi connectivity index (χ1v) is 6.68. The van der Waals surface area contributed by atoms with Gasteiger partial charge in [0.05, 0.1) is 0 Å². The van der Waals surface area contributed by atoms with Crippen molar-refractivity contribution < 1.29 is 14.7 Å². The van der Waals surface area contributed by atoms with Gasteiger partial charge in [-0.1, -0.05) is 18.3 Å². The third-order valence-electron chi connectivity index (χ3n) is 3.25. The highest BCUT2D eigenvalue weighted by atomic mass is 32.1. The van der Waals surface area contributed by atoms with Crippen LogP contribution in [0.15, 0.2) is 0 Å². The summed E-state index contributed by atoms with van der Waals surface area (Å²) in [6.07, 6.45) is 1.21. The Balaban J connectivity index is 2.20. The highest BCUT2D eigenvalue weighted by Gasteiger charge is 2.34. The molecule has 2 atom stereocenters. The van der Waals surface area contributed by atoms with E-state index in [1.165, 1.54) is 13.3 Å². The van der Waals surface area contributed by atoms with Gasteiger partial charge in [0.15, 0.2) is 16.6 Å². The molecule has 18 heavy (non-hydrogen) atoms. The molecule has 0 aliphatic heterocycles. The highest BCUT2D eigenvalue weighted by Crippen LogP contribution is 2.39. The van der Waals surface area contributed by atoms with Gasteiger partial charge in [0, 0.05) is 20.5 Å². The van der Waals surface area contributed by atoms with E-state index in [1.54, 1.807) is 0 Å². The summed E-state index contributed by atoms with van der Waals surface area (Å²) in [4.78, 5) is 28.6. The van der Waals surface area contributed by atoms with Crippen LogP contribution in [0.1, 0.15) is 40.4 Å². The Labute approximate surface area is 109 Å². The van der Waals surface area contributed by atoms with Crippen molar-refractivity contribution in [3.05, 3.63) is 10.6 Å². The number of carbonyl (C=O) groups excluding carboxylic acids is 1. The molecule has 0 bridgehead atoms. The molecule has 0 amide bonds. The number of carboxylic acid groups (broad SMARTS) is 1. The summed E-state index contributed by atoms with van der Waals surface area (Å²) in [5.74, 6) is 0.00631. The molecule has 2 unspecified atom stereocenters. The Morgan fingerprint density at radius 3 is 2.56 bits per heavy atom. The smallest absolute Gasteiger partial charge is 0.356 e. The second kappa shape index (κ2) is 4.68. The van der Waals surface area contributed by atoms with Crippen LogP contribution in [0.4, 0.5) is 5.13 Å². The van der Waals surface area contributed by atoms with Crippen LogP contribution < -0.4 is 4.90 Å². The molecule has 1 fully saturated rings. The number of nitrogens with zero attached hydrogens (tertiary/aromatic N) is 2. The summed E-state index contributed by atoms with van der Waals surface area (Å²) >= 11 is 1.16. The van der Waals surface area contributed by atoms with Gasteiger partial charge in [0.2, 0.25) is 0 Å². The van der Waals surface area contributed by atoms with Crippen molar-refractivity contribution in [2.75, 3.05) is 18.5 Å². The van der Waals surface area contributed by atoms with Gasteiger partial charge < -0.3 is 10.0 Å². The molecule has 5 nitrogen and oxygen atoms in total. The maximum Gasteiger partial charge on any atom is 0.356 e. The maximum atomic E-state index is 11.4. The van der Waals surface area contributed by atoms with E-state index in [1.807, 2.05) is 11.9 Å². The van der Waals surface area contributed by atoms with Crippen LogP contribution in [-0.2, 0) is 0 Å².